The minimum atomic E-state index is -0.863. The molecule has 1 aliphatic heterocycles. The first kappa shape index (κ1) is 10.8. The van der Waals surface area contributed by atoms with E-state index in [0.29, 0.717) is 19.6 Å². The molecule has 5 heteroatoms. The molecule has 0 saturated carbocycles. The van der Waals surface area contributed by atoms with Gasteiger partial charge in [-0.05, 0) is 18.8 Å². The summed E-state index contributed by atoms with van der Waals surface area (Å²) in [6.45, 7) is 3.21. The van der Waals surface area contributed by atoms with Crippen molar-refractivity contribution in [2.45, 2.75) is 19.8 Å². The summed E-state index contributed by atoms with van der Waals surface area (Å²) in [4.78, 5) is 22.8. The molecular formula is C9H16N2O3. The van der Waals surface area contributed by atoms with Gasteiger partial charge in [-0.15, -0.1) is 0 Å². The van der Waals surface area contributed by atoms with E-state index in [1.807, 2.05) is 0 Å². The Morgan fingerprint density at radius 1 is 1.57 bits per heavy atom. The van der Waals surface area contributed by atoms with Crippen LogP contribution in [0.4, 0.5) is 4.79 Å². The lowest BCUT2D eigenvalue weighted by Crippen LogP contribution is -2.42. The predicted octanol–water partition coefficient (Wildman–Crippen LogP) is 0.513. The highest BCUT2D eigenvalue weighted by atomic mass is 16.4. The summed E-state index contributed by atoms with van der Waals surface area (Å²) in [5.41, 5.74) is 0. The molecule has 0 bridgehead atoms. The van der Waals surface area contributed by atoms with Crippen LogP contribution in [-0.2, 0) is 4.79 Å². The van der Waals surface area contributed by atoms with E-state index in [4.69, 9.17) is 5.11 Å². The lowest BCUT2D eigenvalue weighted by molar-refractivity contribution is -0.119. The Morgan fingerprint density at radius 3 is 2.86 bits per heavy atom. The monoisotopic (exact) mass is 200 g/mol. The van der Waals surface area contributed by atoms with Crippen LogP contribution in [0.15, 0.2) is 0 Å². The highest BCUT2D eigenvalue weighted by Gasteiger charge is 2.22. The fourth-order valence-corrected chi connectivity index (χ4v) is 1.69. The number of piperidine rings is 1. The summed E-state index contributed by atoms with van der Waals surface area (Å²) in [6.07, 6.45) is 1.01. The van der Waals surface area contributed by atoms with E-state index in [1.165, 1.54) is 11.8 Å². The van der Waals surface area contributed by atoms with Crippen LogP contribution in [0.25, 0.3) is 0 Å². The van der Waals surface area contributed by atoms with Crippen LogP contribution in [0, 0.1) is 5.92 Å². The smallest absolute Gasteiger partial charge is 0.407 e. The van der Waals surface area contributed by atoms with Gasteiger partial charge in [0.25, 0.3) is 0 Å². The highest BCUT2D eigenvalue weighted by molar-refractivity contribution is 5.72. The predicted molar refractivity (Wildman–Crippen MR) is 51.0 cm³/mol. The summed E-state index contributed by atoms with van der Waals surface area (Å²) in [7, 11) is 0. The molecule has 1 fully saturated rings. The fourth-order valence-electron chi connectivity index (χ4n) is 1.69. The number of hydrogen-bond acceptors (Lipinski definition) is 2. The Kier molecular flexibility index (Phi) is 3.73. The number of hydrogen-bond donors (Lipinski definition) is 2. The zero-order valence-electron chi connectivity index (χ0n) is 8.32. The number of nitrogens with one attached hydrogen (secondary N) is 1. The number of carbonyl (C=O) groups is 2. The Bertz CT molecular complexity index is 230. The van der Waals surface area contributed by atoms with Crippen molar-refractivity contribution in [3.8, 4) is 0 Å². The molecule has 1 heterocycles. The van der Waals surface area contributed by atoms with E-state index in [0.717, 1.165) is 12.8 Å². The first-order valence-corrected chi connectivity index (χ1v) is 4.82. The van der Waals surface area contributed by atoms with Crippen molar-refractivity contribution in [2.75, 3.05) is 19.6 Å². The third-order valence-corrected chi connectivity index (χ3v) is 2.43. The maximum atomic E-state index is 10.7. The summed E-state index contributed by atoms with van der Waals surface area (Å²) < 4.78 is 0. The van der Waals surface area contributed by atoms with Crippen molar-refractivity contribution in [2.24, 2.45) is 5.92 Å². The SMILES string of the molecule is CC(=O)NCC1CCCN(C(=O)O)C1. The van der Waals surface area contributed by atoms with Crippen molar-refractivity contribution < 1.29 is 14.7 Å². The molecule has 80 valence electrons. The number of carboxylic acid groups (broad SMARTS) is 1. The minimum absolute atomic E-state index is 0.0579. The molecule has 5 nitrogen and oxygen atoms in total. The Labute approximate surface area is 83.1 Å². The van der Waals surface area contributed by atoms with Gasteiger partial charge in [0.2, 0.25) is 5.91 Å². The molecule has 1 atom stereocenters. The second-order valence-corrected chi connectivity index (χ2v) is 3.67. The van der Waals surface area contributed by atoms with Gasteiger partial charge in [-0.1, -0.05) is 0 Å². The van der Waals surface area contributed by atoms with Crippen LogP contribution in [-0.4, -0.2) is 41.6 Å². The van der Waals surface area contributed by atoms with E-state index in [9.17, 15) is 9.59 Å². The highest BCUT2D eigenvalue weighted by Crippen LogP contribution is 2.15. The third-order valence-electron chi connectivity index (χ3n) is 2.43. The van der Waals surface area contributed by atoms with E-state index in [1.54, 1.807) is 0 Å². The van der Waals surface area contributed by atoms with Gasteiger partial charge >= 0.3 is 6.09 Å². The van der Waals surface area contributed by atoms with Crippen LogP contribution in [0.1, 0.15) is 19.8 Å². The van der Waals surface area contributed by atoms with Crippen molar-refractivity contribution in [1.29, 1.82) is 0 Å². The number of amides is 2. The first-order chi connectivity index (χ1) is 6.59. The Balaban J connectivity index is 2.32. The molecule has 2 amide bonds. The second-order valence-electron chi connectivity index (χ2n) is 3.67. The molecule has 0 spiro atoms. The number of nitrogens with zero attached hydrogens (tertiary/aromatic N) is 1. The third kappa shape index (κ3) is 3.24. The quantitative estimate of drug-likeness (QED) is 0.682. The van der Waals surface area contributed by atoms with Crippen molar-refractivity contribution in [1.82, 2.24) is 10.2 Å². The first-order valence-electron chi connectivity index (χ1n) is 4.82. The number of likely N-dealkylation sites (tertiary alicyclic amines) is 1. The van der Waals surface area contributed by atoms with E-state index in [2.05, 4.69) is 5.32 Å². The molecule has 0 aromatic carbocycles. The summed E-state index contributed by atoms with van der Waals surface area (Å²) in [5.74, 6) is 0.209. The standard InChI is InChI=1S/C9H16N2O3/c1-7(12)10-5-8-3-2-4-11(6-8)9(13)14/h8H,2-6H2,1H3,(H,10,12)(H,13,14). The van der Waals surface area contributed by atoms with Crippen LogP contribution in [0.5, 0.6) is 0 Å². The average Bonchev–Trinajstić information content (AvgIpc) is 2.15. The maximum absolute atomic E-state index is 10.7. The van der Waals surface area contributed by atoms with Gasteiger partial charge in [0, 0.05) is 26.6 Å². The van der Waals surface area contributed by atoms with Gasteiger partial charge in [-0.25, -0.2) is 4.79 Å². The van der Waals surface area contributed by atoms with E-state index in [-0.39, 0.29) is 11.8 Å². The fraction of sp³-hybridized carbons (Fsp3) is 0.778. The largest absolute Gasteiger partial charge is 0.465 e. The van der Waals surface area contributed by atoms with Gasteiger partial charge in [-0.3, -0.25) is 4.79 Å². The van der Waals surface area contributed by atoms with Crippen LogP contribution >= 0.6 is 0 Å². The Morgan fingerprint density at radius 2 is 2.29 bits per heavy atom. The molecule has 0 aliphatic carbocycles. The summed E-state index contributed by atoms with van der Waals surface area (Å²) >= 11 is 0. The van der Waals surface area contributed by atoms with Gasteiger partial charge in [0.15, 0.2) is 0 Å². The lowest BCUT2D eigenvalue weighted by atomic mass is 9.98. The molecule has 2 N–H and O–H groups in total. The molecule has 1 aliphatic rings. The molecule has 14 heavy (non-hydrogen) atoms. The minimum Gasteiger partial charge on any atom is -0.465 e. The van der Waals surface area contributed by atoms with Crippen molar-refractivity contribution >= 4 is 12.0 Å². The molecular weight excluding hydrogens is 184 g/mol. The van der Waals surface area contributed by atoms with E-state index >= 15 is 0 Å². The van der Waals surface area contributed by atoms with Gasteiger partial charge in [0.1, 0.15) is 0 Å². The maximum Gasteiger partial charge on any atom is 0.407 e. The van der Waals surface area contributed by atoms with Crippen molar-refractivity contribution in [3.05, 3.63) is 0 Å². The Hall–Kier alpha value is -1.26. The van der Waals surface area contributed by atoms with Crippen LogP contribution in [0.3, 0.4) is 0 Å². The molecule has 1 unspecified atom stereocenters. The van der Waals surface area contributed by atoms with Crippen LogP contribution < -0.4 is 5.32 Å². The molecule has 1 rings (SSSR count). The lowest BCUT2D eigenvalue weighted by Gasteiger charge is -2.30. The topological polar surface area (TPSA) is 69.6 Å². The van der Waals surface area contributed by atoms with Crippen LogP contribution in [0.2, 0.25) is 0 Å². The summed E-state index contributed by atoms with van der Waals surface area (Å²) in [6, 6.07) is 0. The second kappa shape index (κ2) is 4.83. The van der Waals surface area contributed by atoms with Gasteiger partial charge < -0.3 is 15.3 Å². The molecule has 1 saturated heterocycles. The van der Waals surface area contributed by atoms with E-state index < -0.39 is 6.09 Å². The van der Waals surface area contributed by atoms with Gasteiger partial charge in [0.05, 0.1) is 0 Å². The molecule has 0 aromatic heterocycles. The van der Waals surface area contributed by atoms with Gasteiger partial charge in [-0.2, -0.15) is 0 Å². The normalized spacial score (nSPS) is 21.8. The number of carbonyl (C=O) groups excluding carboxylic acids is 1. The summed E-state index contributed by atoms with van der Waals surface area (Å²) in [5, 5.41) is 11.5. The zero-order valence-corrected chi connectivity index (χ0v) is 8.32. The molecule has 0 radical (unpaired) electrons. The average molecular weight is 200 g/mol. The number of rotatable bonds is 2. The molecule has 0 aromatic rings. The van der Waals surface area contributed by atoms with Crippen molar-refractivity contribution in [3.63, 3.8) is 0 Å². The zero-order chi connectivity index (χ0) is 10.6.